The number of alkyl halides is 5. The summed E-state index contributed by atoms with van der Waals surface area (Å²) < 4.78 is 89.5. The summed E-state index contributed by atoms with van der Waals surface area (Å²) in [6.07, 6.45) is -7.96. The van der Waals surface area contributed by atoms with E-state index in [1.165, 1.54) is 61.2 Å². The zero-order valence-electron chi connectivity index (χ0n) is 33.2. The number of nitriles is 1. The van der Waals surface area contributed by atoms with Crippen molar-refractivity contribution in [1.82, 2.24) is 15.1 Å². The number of carbonyl (C=O) groups is 4. The standard InChI is InChI=1S/C41H42F6N8O5S/c1-23-21-52(10-11-53(23)22-36(57)50-28-17-26(42)16-27(18-28)49-32-7-9-35(56)51-37(32)58)12-13-60-33-8-6-30(14-25(33)15-34(43)44)55-39(61)54(38(59)40(55,2)3)29-5-4-24(20-48)31(19-29)41(45,46)47/h4-6,8,14,16-19,23,32,34,49H,7,9-13,15,21-22H2,1-3H3,(H,50,57)(H,51,56,58)/t23-,32?/m1/s1. The van der Waals surface area contributed by atoms with Crippen LogP contribution >= 0.6 is 12.2 Å². The van der Waals surface area contributed by atoms with E-state index in [1.807, 2.05) is 11.8 Å². The molecule has 20 heteroatoms. The second kappa shape index (κ2) is 18.1. The molecule has 3 saturated heterocycles. The predicted molar refractivity (Wildman–Crippen MR) is 217 cm³/mol. The van der Waals surface area contributed by atoms with Gasteiger partial charge in [-0.3, -0.25) is 39.2 Å². The summed E-state index contributed by atoms with van der Waals surface area (Å²) in [5.41, 5.74) is -2.68. The van der Waals surface area contributed by atoms with Gasteiger partial charge in [0.15, 0.2) is 5.11 Å². The molecule has 3 fully saturated rings. The lowest BCUT2D eigenvalue weighted by atomic mass is 10.0. The van der Waals surface area contributed by atoms with E-state index in [1.54, 1.807) is 0 Å². The SMILES string of the molecule is C[C@@H]1CN(CCOc2ccc(N3C(=S)N(c4ccc(C#N)c(C(F)(F)F)c4)C(=O)C3(C)C)cc2CC(F)F)CCN1CC(=O)Nc1cc(F)cc(NC2CCC(=O)NC2=O)c1. The van der Waals surface area contributed by atoms with E-state index in [9.17, 15) is 50.8 Å². The molecule has 3 N–H and O–H groups in total. The van der Waals surface area contributed by atoms with E-state index in [2.05, 4.69) is 20.9 Å². The smallest absolute Gasteiger partial charge is 0.417 e. The third-order valence-corrected chi connectivity index (χ3v) is 11.0. The maximum atomic E-state index is 14.4. The quantitative estimate of drug-likeness (QED) is 0.111. The molecule has 0 saturated carbocycles. The third kappa shape index (κ3) is 10.2. The van der Waals surface area contributed by atoms with Gasteiger partial charge in [-0.2, -0.15) is 18.4 Å². The lowest BCUT2D eigenvalue weighted by Crippen LogP contribution is -2.54. The van der Waals surface area contributed by atoms with E-state index in [-0.39, 0.29) is 83.0 Å². The van der Waals surface area contributed by atoms with Crippen LogP contribution in [-0.2, 0) is 31.8 Å². The van der Waals surface area contributed by atoms with Crippen molar-refractivity contribution in [3.8, 4) is 11.8 Å². The predicted octanol–water partition coefficient (Wildman–Crippen LogP) is 5.68. The molecule has 3 heterocycles. The Morgan fingerprint density at radius 1 is 1.05 bits per heavy atom. The molecular formula is C41H42F6N8O5S. The monoisotopic (exact) mass is 872 g/mol. The number of carbonyl (C=O) groups excluding carboxylic acids is 4. The number of imide groups is 1. The minimum atomic E-state index is -4.88. The number of rotatable bonds is 13. The average molecular weight is 873 g/mol. The van der Waals surface area contributed by atoms with Crippen molar-refractivity contribution >= 4 is 63.7 Å². The van der Waals surface area contributed by atoms with Gasteiger partial charge in [-0.25, -0.2) is 13.2 Å². The first-order valence-corrected chi connectivity index (χ1v) is 19.7. The van der Waals surface area contributed by atoms with Crippen LogP contribution in [0.2, 0.25) is 0 Å². The van der Waals surface area contributed by atoms with Crippen LogP contribution in [0.3, 0.4) is 0 Å². The van der Waals surface area contributed by atoms with Crippen LogP contribution < -0.4 is 30.5 Å². The van der Waals surface area contributed by atoms with Gasteiger partial charge >= 0.3 is 6.18 Å². The molecule has 3 aliphatic heterocycles. The van der Waals surface area contributed by atoms with Crippen molar-refractivity contribution in [2.24, 2.45) is 0 Å². The van der Waals surface area contributed by atoms with Crippen molar-refractivity contribution in [2.75, 3.05) is 59.8 Å². The van der Waals surface area contributed by atoms with Gasteiger partial charge in [0.1, 0.15) is 29.8 Å². The molecule has 0 aliphatic carbocycles. The third-order valence-electron chi connectivity index (χ3n) is 10.7. The van der Waals surface area contributed by atoms with E-state index in [4.69, 9.17) is 17.0 Å². The van der Waals surface area contributed by atoms with Crippen molar-refractivity contribution in [1.29, 1.82) is 5.26 Å². The number of hydrogen-bond donors (Lipinski definition) is 3. The van der Waals surface area contributed by atoms with Crippen LogP contribution in [0.1, 0.15) is 50.3 Å². The molecule has 6 rings (SSSR count). The maximum absolute atomic E-state index is 14.4. The molecule has 3 aromatic rings. The van der Waals surface area contributed by atoms with Gasteiger partial charge < -0.3 is 20.3 Å². The van der Waals surface area contributed by atoms with Crippen molar-refractivity contribution in [3.05, 3.63) is 77.1 Å². The molecule has 0 radical (unpaired) electrons. The van der Waals surface area contributed by atoms with Gasteiger partial charge in [-0.1, -0.05) is 0 Å². The topological polar surface area (TPSA) is 150 Å². The lowest BCUT2D eigenvalue weighted by molar-refractivity contribution is -0.138. The highest BCUT2D eigenvalue weighted by Crippen LogP contribution is 2.41. The van der Waals surface area contributed by atoms with Crippen LogP contribution in [0.15, 0.2) is 54.6 Å². The highest BCUT2D eigenvalue weighted by Gasteiger charge is 2.51. The fourth-order valence-corrected chi connectivity index (χ4v) is 8.11. The number of anilines is 4. The average Bonchev–Trinajstić information content (AvgIpc) is 3.35. The Morgan fingerprint density at radius 3 is 2.44 bits per heavy atom. The van der Waals surface area contributed by atoms with Crippen LogP contribution in [-0.4, -0.2) is 102 Å². The van der Waals surface area contributed by atoms with Gasteiger partial charge in [0.2, 0.25) is 24.1 Å². The zero-order valence-corrected chi connectivity index (χ0v) is 34.1. The van der Waals surface area contributed by atoms with E-state index >= 15 is 0 Å². The van der Waals surface area contributed by atoms with Crippen molar-refractivity contribution in [3.63, 3.8) is 0 Å². The lowest BCUT2D eigenvalue weighted by Gasteiger charge is -2.39. The van der Waals surface area contributed by atoms with Crippen LogP contribution in [0.4, 0.5) is 49.1 Å². The summed E-state index contributed by atoms with van der Waals surface area (Å²) in [5.74, 6) is -2.40. The Bertz CT molecular complexity index is 2270. The summed E-state index contributed by atoms with van der Waals surface area (Å²) >= 11 is 5.61. The summed E-state index contributed by atoms with van der Waals surface area (Å²) in [6, 6.07) is 11.8. The summed E-state index contributed by atoms with van der Waals surface area (Å²) in [4.78, 5) is 56.6. The molecule has 3 aliphatic rings. The number of piperidine rings is 1. The van der Waals surface area contributed by atoms with E-state index < -0.39 is 59.4 Å². The maximum Gasteiger partial charge on any atom is 0.417 e. The minimum Gasteiger partial charge on any atom is -0.492 e. The number of amides is 4. The molecule has 1 unspecified atom stereocenters. The molecular weight excluding hydrogens is 831 g/mol. The van der Waals surface area contributed by atoms with Gasteiger partial charge in [-0.15, -0.1) is 0 Å². The highest BCUT2D eigenvalue weighted by molar-refractivity contribution is 7.81. The summed E-state index contributed by atoms with van der Waals surface area (Å²) in [5, 5.41) is 16.9. The fraction of sp³-hybridized carbons (Fsp3) is 0.415. The number of piperazine rings is 1. The molecule has 2 atom stereocenters. The number of ether oxygens (including phenoxy) is 1. The normalized spacial score (nSPS) is 19.9. The molecule has 61 heavy (non-hydrogen) atoms. The van der Waals surface area contributed by atoms with E-state index in [0.29, 0.717) is 32.2 Å². The Balaban J connectivity index is 1.05. The molecule has 13 nitrogen and oxygen atoms in total. The van der Waals surface area contributed by atoms with E-state index in [0.717, 1.165) is 17.0 Å². The molecule has 0 bridgehead atoms. The number of halogens is 6. The largest absolute Gasteiger partial charge is 0.492 e. The first kappa shape index (κ1) is 44.8. The van der Waals surface area contributed by atoms with Gasteiger partial charge in [0.05, 0.1) is 29.4 Å². The van der Waals surface area contributed by atoms with Crippen LogP contribution in [0.25, 0.3) is 0 Å². The second-order valence-electron chi connectivity index (χ2n) is 15.4. The molecule has 0 aromatic heterocycles. The number of benzene rings is 3. The molecule has 3 aromatic carbocycles. The summed E-state index contributed by atoms with van der Waals surface area (Å²) in [6.45, 7) is 7.13. The fourth-order valence-electron chi connectivity index (χ4n) is 7.59. The number of thiocarbonyl (C=S) groups is 1. The van der Waals surface area contributed by atoms with Gasteiger partial charge in [0.25, 0.3) is 5.91 Å². The number of nitrogens with zero attached hydrogens (tertiary/aromatic N) is 5. The number of nitrogens with one attached hydrogen (secondary N) is 3. The minimum absolute atomic E-state index is 0.0178. The highest BCUT2D eigenvalue weighted by atomic mass is 32.1. The molecule has 324 valence electrons. The zero-order chi connectivity index (χ0) is 44.4. The van der Waals surface area contributed by atoms with Crippen LogP contribution in [0.5, 0.6) is 5.75 Å². The van der Waals surface area contributed by atoms with Gasteiger partial charge in [0, 0.05) is 67.7 Å². The Kier molecular flexibility index (Phi) is 13.3. The Hall–Kier alpha value is -5.78. The van der Waals surface area contributed by atoms with Gasteiger partial charge in [-0.05, 0) is 94.0 Å². The Labute approximate surface area is 352 Å². The first-order valence-electron chi connectivity index (χ1n) is 19.3. The summed E-state index contributed by atoms with van der Waals surface area (Å²) in [7, 11) is 0. The van der Waals surface area contributed by atoms with Crippen molar-refractivity contribution in [2.45, 2.75) is 70.3 Å². The first-order chi connectivity index (χ1) is 28.7. The van der Waals surface area contributed by atoms with Crippen LogP contribution in [0, 0.1) is 17.1 Å². The number of hydrogen-bond acceptors (Lipinski definition) is 10. The second-order valence-corrected chi connectivity index (χ2v) is 15.8. The Morgan fingerprint density at radius 2 is 1.77 bits per heavy atom. The van der Waals surface area contributed by atoms with Crippen molar-refractivity contribution < 1.29 is 50.3 Å². The molecule has 4 amide bonds. The molecule has 0 spiro atoms.